The van der Waals surface area contributed by atoms with Gasteiger partial charge < -0.3 is 4.90 Å². The van der Waals surface area contributed by atoms with Crippen molar-refractivity contribution in [1.29, 1.82) is 0 Å². The van der Waals surface area contributed by atoms with E-state index in [1.807, 2.05) is 6.92 Å². The van der Waals surface area contributed by atoms with Crippen molar-refractivity contribution in [3.63, 3.8) is 0 Å². The van der Waals surface area contributed by atoms with Crippen molar-refractivity contribution in [1.82, 2.24) is 29.6 Å². The second-order valence-corrected chi connectivity index (χ2v) is 10.1. The normalized spacial score (nSPS) is 14.9. The fourth-order valence-corrected chi connectivity index (χ4v) is 4.27. The Kier molecular flexibility index (Phi) is 5.76. The van der Waals surface area contributed by atoms with Gasteiger partial charge in [-0.05, 0) is 49.9 Å². The molecule has 0 aliphatic heterocycles. The van der Waals surface area contributed by atoms with Crippen LogP contribution < -0.4 is 0 Å². The van der Waals surface area contributed by atoms with Crippen LogP contribution >= 0.6 is 11.6 Å². The van der Waals surface area contributed by atoms with E-state index in [2.05, 4.69) is 20.1 Å². The summed E-state index contributed by atoms with van der Waals surface area (Å²) in [6, 6.07) is 5.42. The zero-order chi connectivity index (χ0) is 22.2. The molecule has 9 nitrogen and oxygen atoms in total. The molecule has 0 saturated heterocycles. The van der Waals surface area contributed by atoms with E-state index >= 15 is 0 Å². The Morgan fingerprint density at radius 3 is 2.58 bits per heavy atom. The number of benzene rings is 1. The topological polar surface area (TPSA) is 111 Å². The highest BCUT2D eigenvalue weighted by atomic mass is 35.5. The van der Waals surface area contributed by atoms with E-state index in [1.165, 1.54) is 29.2 Å². The van der Waals surface area contributed by atoms with E-state index < -0.39 is 15.9 Å². The lowest BCUT2D eigenvalue weighted by Crippen LogP contribution is -2.36. The van der Waals surface area contributed by atoms with Gasteiger partial charge in [0.25, 0.3) is 11.9 Å². The van der Waals surface area contributed by atoms with E-state index in [-0.39, 0.29) is 21.4 Å². The molecule has 0 spiro atoms. The van der Waals surface area contributed by atoms with Crippen LogP contribution in [-0.2, 0) is 9.84 Å². The largest absolute Gasteiger partial charge is 0.328 e. The van der Waals surface area contributed by atoms with Gasteiger partial charge in [0.15, 0.2) is 15.7 Å². The summed E-state index contributed by atoms with van der Waals surface area (Å²) in [5.41, 5.74) is 0.211. The number of aromatic nitrogens is 5. The van der Waals surface area contributed by atoms with Gasteiger partial charge in [-0.2, -0.15) is 9.78 Å². The van der Waals surface area contributed by atoms with Crippen molar-refractivity contribution in [3.8, 4) is 5.95 Å². The number of halogens is 1. The third kappa shape index (κ3) is 4.75. The second kappa shape index (κ2) is 8.35. The molecular formula is C20H21ClN6O3S. The summed E-state index contributed by atoms with van der Waals surface area (Å²) < 4.78 is 25.5. The molecule has 2 aromatic heterocycles. The van der Waals surface area contributed by atoms with Crippen molar-refractivity contribution in [2.45, 2.75) is 30.7 Å². The number of carbonyl (C=O) groups excluding carboxylic acids is 1. The van der Waals surface area contributed by atoms with Crippen LogP contribution in [0.1, 0.15) is 42.0 Å². The zero-order valence-electron chi connectivity index (χ0n) is 17.0. The number of carbonyl (C=O) groups is 1. The molecule has 1 aliphatic carbocycles. The third-order valence-electron chi connectivity index (χ3n) is 5.12. The maximum Gasteiger partial charge on any atom is 0.254 e. The molecule has 3 aromatic rings. The number of hydrogen-bond acceptors (Lipinski definition) is 7. The van der Waals surface area contributed by atoms with Gasteiger partial charge in [-0.1, -0.05) is 11.6 Å². The summed E-state index contributed by atoms with van der Waals surface area (Å²) in [5.74, 6) is 0.924. The Bertz CT molecular complexity index is 1210. The number of sulfone groups is 1. The first-order valence-corrected chi connectivity index (χ1v) is 12.0. The van der Waals surface area contributed by atoms with Gasteiger partial charge in [0.1, 0.15) is 6.33 Å². The van der Waals surface area contributed by atoms with Gasteiger partial charge in [0.05, 0.1) is 10.9 Å². The molecule has 1 amide bonds. The summed E-state index contributed by atoms with van der Waals surface area (Å²) in [7, 11) is -3.52. The Balaban J connectivity index is 1.71. The highest BCUT2D eigenvalue weighted by Gasteiger charge is 2.33. The highest BCUT2D eigenvalue weighted by molar-refractivity contribution is 7.90. The summed E-state index contributed by atoms with van der Waals surface area (Å²) in [5, 5.41) is 4.41. The van der Waals surface area contributed by atoms with Gasteiger partial charge >= 0.3 is 0 Å². The molecule has 1 aromatic carbocycles. The number of rotatable bonds is 7. The fraction of sp³-hybridized carbons (Fsp3) is 0.350. The smallest absolute Gasteiger partial charge is 0.254 e. The maximum atomic E-state index is 13.5. The Morgan fingerprint density at radius 2 is 1.94 bits per heavy atom. The molecule has 31 heavy (non-hydrogen) atoms. The van der Waals surface area contributed by atoms with Crippen LogP contribution in [0, 0.1) is 5.92 Å². The Morgan fingerprint density at radius 1 is 1.23 bits per heavy atom. The first kappa shape index (κ1) is 21.4. The lowest BCUT2D eigenvalue weighted by atomic mass is 10.1. The molecule has 4 rings (SSSR count). The van der Waals surface area contributed by atoms with Crippen LogP contribution in [0.4, 0.5) is 0 Å². The monoisotopic (exact) mass is 460 g/mol. The number of amides is 1. The summed E-state index contributed by atoms with van der Waals surface area (Å²) >= 11 is 6.13. The predicted molar refractivity (Wildman–Crippen MR) is 114 cm³/mol. The predicted octanol–water partition coefficient (Wildman–Crippen LogP) is 2.73. The highest BCUT2D eigenvalue weighted by Crippen LogP contribution is 2.34. The maximum absolute atomic E-state index is 13.5. The van der Waals surface area contributed by atoms with E-state index in [1.54, 1.807) is 23.4 Å². The van der Waals surface area contributed by atoms with Crippen LogP contribution in [0.25, 0.3) is 5.95 Å². The van der Waals surface area contributed by atoms with E-state index in [9.17, 15) is 13.2 Å². The molecule has 162 valence electrons. The third-order valence-corrected chi connectivity index (χ3v) is 6.43. The van der Waals surface area contributed by atoms with Gasteiger partial charge in [0, 0.05) is 35.8 Å². The Hall–Kier alpha value is -2.85. The SMILES string of the molecule is CC(c1ncnn1-c1ncccn1)N(CC1CC1)C(=O)c1cc(Cl)cc(S(C)(=O)=O)c1. The average Bonchev–Trinajstić information content (AvgIpc) is 3.43. The molecule has 1 unspecified atom stereocenters. The quantitative estimate of drug-likeness (QED) is 0.532. The van der Waals surface area contributed by atoms with Gasteiger partial charge in [-0.25, -0.2) is 23.4 Å². The first-order chi connectivity index (χ1) is 14.7. The number of nitrogens with zero attached hydrogens (tertiary/aromatic N) is 6. The molecule has 11 heteroatoms. The van der Waals surface area contributed by atoms with Crippen molar-refractivity contribution in [3.05, 3.63) is 59.4 Å². The standard InChI is InChI=1S/C20H21ClN6O3S/c1-13(18-24-12-25-27(18)20-22-6-3-7-23-20)26(11-14-4-5-14)19(28)15-8-16(21)10-17(9-15)31(2,29)30/h3,6-10,12-14H,4-5,11H2,1-2H3. The summed E-state index contributed by atoms with van der Waals surface area (Å²) in [4.78, 5) is 28.0. The van der Waals surface area contributed by atoms with Crippen molar-refractivity contribution >= 4 is 27.3 Å². The molecule has 1 saturated carbocycles. The molecule has 1 fully saturated rings. The molecule has 2 heterocycles. The lowest BCUT2D eigenvalue weighted by Gasteiger charge is -2.29. The second-order valence-electron chi connectivity index (χ2n) is 7.60. The zero-order valence-corrected chi connectivity index (χ0v) is 18.6. The lowest BCUT2D eigenvalue weighted by molar-refractivity contribution is 0.0670. The van der Waals surface area contributed by atoms with Gasteiger partial charge in [-0.3, -0.25) is 4.79 Å². The van der Waals surface area contributed by atoms with E-state index in [4.69, 9.17) is 11.6 Å². The average molecular weight is 461 g/mol. The van der Waals surface area contributed by atoms with Crippen LogP contribution in [0.15, 0.2) is 47.9 Å². The van der Waals surface area contributed by atoms with E-state index in [0.29, 0.717) is 24.2 Å². The summed E-state index contributed by atoms with van der Waals surface area (Å²) in [6.45, 7) is 2.37. The Labute approximate surface area is 185 Å². The molecule has 1 atom stereocenters. The molecular weight excluding hydrogens is 440 g/mol. The van der Waals surface area contributed by atoms with E-state index in [0.717, 1.165) is 19.1 Å². The molecule has 0 bridgehead atoms. The molecule has 0 radical (unpaired) electrons. The van der Waals surface area contributed by atoms with Crippen LogP contribution in [0.2, 0.25) is 5.02 Å². The van der Waals surface area contributed by atoms with Crippen molar-refractivity contribution < 1.29 is 13.2 Å². The molecule has 1 aliphatic rings. The van der Waals surface area contributed by atoms with Crippen LogP contribution in [-0.4, -0.2) is 56.8 Å². The number of hydrogen-bond donors (Lipinski definition) is 0. The first-order valence-electron chi connectivity index (χ1n) is 9.73. The minimum absolute atomic E-state index is 0.00299. The van der Waals surface area contributed by atoms with Crippen LogP contribution in [0.3, 0.4) is 0 Å². The molecule has 0 N–H and O–H groups in total. The summed E-state index contributed by atoms with van der Waals surface area (Å²) in [6.07, 6.45) is 7.75. The minimum Gasteiger partial charge on any atom is -0.328 e. The van der Waals surface area contributed by atoms with Gasteiger partial charge in [0.2, 0.25) is 0 Å². The van der Waals surface area contributed by atoms with Crippen molar-refractivity contribution in [2.24, 2.45) is 5.92 Å². The minimum atomic E-state index is -3.52. The van der Waals surface area contributed by atoms with Crippen molar-refractivity contribution in [2.75, 3.05) is 12.8 Å². The fourth-order valence-electron chi connectivity index (χ4n) is 3.29. The van der Waals surface area contributed by atoms with Gasteiger partial charge in [-0.15, -0.1) is 0 Å². The van der Waals surface area contributed by atoms with Crippen LogP contribution in [0.5, 0.6) is 0 Å².